The predicted octanol–water partition coefficient (Wildman–Crippen LogP) is 2.21. The van der Waals surface area contributed by atoms with Gasteiger partial charge in [-0.15, -0.1) is 0 Å². The molecule has 1 saturated heterocycles. The number of rotatable bonds is 8. The molecular formula is C22H27N5O3. The molecule has 1 aliphatic rings. The van der Waals surface area contributed by atoms with Crippen LogP contribution in [0, 0.1) is 0 Å². The van der Waals surface area contributed by atoms with Crippen LogP contribution in [0.15, 0.2) is 48.5 Å². The predicted molar refractivity (Wildman–Crippen MR) is 116 cm³/mol. The first-order valence-electron chi connectivity index (χ1n) is 10.1. The molecule has 0 unspecified atom stereocenters. The zero-order chi connectivity index (χ0) is 21.3. The van der Waals surface area contributed by atoms with Crippen molar-refractivity contribution in [2.24, 2.45) is 5.73 Å². The molecule has 2 aromatic rings. The lowest BCUT2D eigenvalue weighted by atomic mass is 10.1. The van der Waals surface area contributed by atoms with Crippen molar-refractivity contribution in [1.29, 1.82) is 0 Å². The molecule has 1 heterocycles. The monoisotopic (exact) mass is 409 g/mol. The Morgan fingerprint density at radius 1 is 0.967 bits per heavy atom. The van der Waals surface area contributed by atoms with E-state index in [4.69, 9.17) is 5.73 Å². The van der Waals surface area contributed by atoms with Crippen molar-refractivity contribution in [1.82, 2.24) is 10.6 Å². The van der Waals surface area contributed by atoms with Gasteiger partial charge in [0.1, 0.15) is 0 Å². The van der Waals surface area contributed by atoms with Crippen molar-refractivity contribution >= 4 is 29.2 Å². The highest BCUT2D eigenvalue weighted by Gasteiger charge is 2.18. The molecule has 8 heteroatoms. The number of benzene rings is 2. The second-order valence-corrected chi connectivity index (χ2v) is 7.18. The first-order valence-corrected chi connectivity index (χ1v) is 10.1. The molecule has 1 fully saturated rings. The molecule has 4 amide bonds. The number of nitrogens with one attached hydrogen (secondary N) is 3. The number of carbonyl (C=O) groups excluding carboxylic acids is 3. The molecule has 3 rings (SSSR count). The van der Waals surface area contributed by atoms with Gasteiger partial charge in [0.2, 0.25) is 11.8 Å². The highest BCUT2D eigenvalue weighted by molar-refractivity contribution is 5.99. The van der Waals surface area contributed by atoms with E-state index < -0.39 is 5.91 Å². The van der Waals surface area contributed by atoms with Gasteiger partial charge in [0.15, 0.2) is 0 Å². The molecular weight excluding hydrogens is 382 g/mol. The van der Waals surface area contributed by atoms with E-state index in [0.717, 1.165) is 37.2 Å². The van der Waals surface area contributed by atoms with Crippen LogP contribution in [-0.2, 0) is 11.3 Å². The lowest BCUT2D eigenvalue weighted by molar-refractivity contribution is -0.116. The summed E-state index contributed by atoms with van der Waals surface area (Å²) in [7, 11) is 0. The summed E-state index contributed by atoms with van der Waals surface area (Å²) in [6, 6.07) is 14.3. The van der Waals surface area contributed by atoms with Crippen molar-refractivity contribution < 1.29 is 14.4 Å². The third-order valence-corrected chi connectivity index (χ3v) is 4.94. The maximum Gasteiger partial charge on any atom is 0.315 e. The van der Waals surface area contributed by atoms with Gasteiger partial charge in [-0.1, -0.05) is 30.3 Å². The quantitative estimate of drug-likeness (QED) is 0.535. The Balaban J connectivity index is 1.50. The zero-order valence-electron chi connectivity index (χ0n) is 16.8. The minimum absolute atomic E-state index is 0.110. The molecule has 2 aromatic carbocycles. The fourth-order valence-corrected chi connectivity index (χ4v) is 3.37. The van der Waals surface area contributed by atoms with Crippen molar-refractivity contribution in [2.45, 2.75) is 25.8 Å². The van der Waals surface area contributed by atoms with Gasteiger partial charge in [0.25, 0.3) is 0 Å². The average molecular weight is 409 g/mol. The number of hydrogen-bond donors (Lipinski definition) is 4. The van der Waals surface area contributed by atoms with E-state index >= 15 is 0 Å². The second-order valence-electron chi connectivity index (χ2n) is 7.18. The van der Waals surface area contributed by atoms with E-state index in [-0.39, 0.29) is 24.9 Å². The van der Waals surface area contributed by atoms with Gasteiger partial charge in [-0.05, 0) is 36.6 Å². The fourth-order valence-electron chi connectivity index (χ4n) is 3.37. The number of primary amides is 1. The molecule has 0 aliphatic carbocycles. The Kier molecular flexibility index (Phi) is 7.26. The number of amides is 4. The summed E-state index contributed by atoms with van der Waals surface area (Å²) in [5, 5.41) is 8.28. The molecule has 158 valence electrons. The summed E-state index contributed by atoms with van der Waals surface area (Å²) < 4.78 is 0. The molecule has 0 saturated carbocycles. The van der Waals surface area contributed by atoms with Gasteiger partial charge in [-0.25, -0.2) is 4.79 Å². The molecule has 0 aromatic heterocycles. The molecule has 8 nitrogen and oxygen atoms in total. The summed E-state index contributed by atoms with van der Waals surface area (Å²) in [6.07, 6.45) is 2.29. The normalized spacial score (nSPS) is 13.0. The highest BCUT2D eigenvalue weighted by Crippen LogP contribution is 2.30. The van der Waals surface area contributed by atoms with E-state index in [2.05, 4.69) is 20.9 Å². The van der Waals surface area contributed by atoms with Crippen molar-refractivity contribution in [3.63, 3.8) is 0 Å². The average Bonchev–Trinajstić information content (AvgIpc) is 3.27. The summed E-state index contributed by atoms with van der Waals surface area (Å²) >= 11 is 0. The standard InChI is InChI=1S/C22H27N5O3/c23-21(29)17-8-9-19(27-12-4-5-13-27)18(14-17)26-20(28)10-11-24-22(30)25-15-16-6-2-1-3-7-16/h1-3,6-9,14H,4-5,10-13,15H2,(H2,23,29)(H,26,28)(H2,24,25,30). The van der Waals surface area contributed by atoms with E-state index in [9.17, 15) is 14.4 Å². The number of hydrogen-bond acceptors (Lipinski definition) is 4. The molecule has 5 N–H and O–H groups in total. The fraction of sp³-hybridized carbons (Fsp3) is 0.318. The molecule has 0 atom stereocenters. The van der Waals surface area contributed by atoms with Crippen LogP contribution < -0.4 is 26.6 Å². The second kappa shape index (κ2) is 10.3. The van der Waals surface area contributed by atoms with Gasteiger partial charge in [-0.2, -0.15) is 0 Å². The topological polar surface area (TPSA) is 117 Å². The first-order chi connectivity index (χ1) is 14.5. The van der Waals surface area contributed by atoms with Crippen LogP contribution in [0.3, 0.4) is 0 Å². The molecule has 1 aliphatic heterocycles. The van der Waals surface area contributed by atoms with Crippen LogP contribution in [0.1, 0.15) is 35.2 Å². The van der Waals surface area contributed by atoms with Crippen LogP contribution in [0.4, 0.5) is 16.2 Å². The van der Waals surface area contributed by atoms with Crippen molar-refractivity contribution in [3.05, 3.63) is 59.7 Å². The Morgan fingerprint density at radius 3 is 2.40 bits per heavy atom. The van der Waals surface area contributed by atoms with Crippen LogP contribution in [0.25, 0.3) is 0 Å². The van der Waals surface area contributed by atoms with Gasteiger partial charge < -0.3 is 26.6 Å². The van der Waals surface area contributed by atoms with Crippen molar-refractivity contribution in [2.75, 3.05) is 29.9 Å². The minimum atomic E-state index is -0.546. The smallest absolute Gasteiger partial charge is 0.315 e. The van der Waals surface area contributed by atoms with Crippen LogP contribution >= 0.6 is 0 Å². The number of nitrogens with two attached hydrogens (primary N) is 1. The lowest BCUT2D eigenvalue weighted by Gasteiger charge is -2.22. The molecule has 0 radical (unpaired) electrons. The third-order valence-electron chi connectivity index (χ3n) is 4.94. The molecule has 0 bridgehead atoms. The van der Waals surface area contributed by atoms with Crippen LogP contribution in [-0.4, -0.2) is 37.5 Å². The number of anilines is 2. The third kappa shape index (κ3) is 5.97. The summed E-state index contributed by atoms with van der Waals surface area (Å²) in [6.45, 7) is 2.42. The van der Waals surface area contributed by atoms with Gasteiger partial charge in [-0.3, -0.25) is 9.59 Å². The Morgan fingerprint density at radius 2 is 1.70 bits per heavy atom. The first kappa shape index (κ1) is 21.2. The highest BCUT2D eigenvalue weighted by atomic mass is 16.2. The largest absolute Gasteiger partial charge is 0.370 e. The Labute approximate surface area is 175 Å². The Bertz CT molecular complexity index is 895. The Hall–Kier alpha value is -3.55. The molecule has 30 heavy (non-hydrogen) atoms. The van der Waals surface area contributed by atoms with E-state index in [1.54, 1.807) is 12.1 Å². The minimum Gasteiger partial charge on any atom is -0.370 e. The van der Waals surface area contributed by atoms with Gasteiger partial charge in [0.05, 0.1) is 11.4 Å². The van der Waals surface area contributed by atoms with Crippen molar-refractivity contribution in [3.8, 4) is 0 Å². The lowest BCUT2D eigenvalue weighted by Crippen LogP contribution is -2.36. The van der Waals surface area contributed by atoms with E-state index in [0.29, 0.717) is 17.8 Å². The maximum atomic E-state index is 12.4. The van der Waals surface area contributed by atoms with Gasteiger partial charge >= 0.3 is 6.03 Å². The summed E-state index contributed by atoms with van der Waals surface area (Å²) in [5.74, 6) is -0.796. The number of carbonyl (C=O) groups is 3. The van der Waals surface area contributed by atoms with Gasteiger partial charge in [0, 0.05) is 38.2 Å². The number of nitrogens with zero attached hydrogens (tertiary/aromatic N) is 1. The SMILES string of the molecule is NC(=O)c1ccc(N2CCCC2)c(NC(=O)CCNC(=O)NCc2ccccc2)c1. The van der Waals surface area contributed by atoms with E-state index in [1.165, 1.54) is 0 Å². The number of urea groups is 1. The molecule has 0 spiro atoms. The van der Waals surface area contributed by atoms with Crippen LogP contribution in [0.5, 0.6) is 0 Å². The van der Waals surface area contributed by atoms with Crippen LogP contribution in [0.2, 0.25) is 0 Å². The maximum absolute atomic E-state index is 12.4. The van der Waals surface area contributed by atoms with E-state index in [1.807, 2.05) is 36.4 Å². The summed E-state index contributed by atoms with van der Waals surface area (Å²) in [5.41, 5.74) is 8.15. The zero-order valence-corrected chi connectivity index (χ0v) is 16.8. The summed E-state index contributed by atoms with van der Waals surface area (Å²) in [4.78, 5) is 38.0.